The van der Waals surface area contributed by atoms with Crippen molar-refractivity contribution in [3.8, 4) is 0 Å². The van der Waals surface area contributed by atoms with Gasteiger partial charge in [0, 0.05) is 11.6 Å². The summed E-state index contributed by atoms with van der Waals surface area (Å²) < 4.78 is 25.7. The molecule has 1 heterocycles. The van der Waals surface area contributed by atoms with Gasteiger partial charge in [-0.05, 0) is 64.2 Å². The molecule has 3 rings (SSSR count). The van der Waals surface area contributed by atoms with Crippen molar-refractivity contribution in [1.82, 2.24) is 5.32 Å². The van der Waals surface area contributed by atoms with Gasteiger partial charge in [0.2, 0.25) is 0 Å². The Morgan fingerprint density at radius 1 is 1.18 bits per heavy atom. The minimum atomic E-state index is -0.673. The van der Waals surface area contributed by atoms with Crippen LogP contribution >= 0.6 is 0 Å². The Kier molecular flexibility index (Phi) is 3.57. The molecule has 1 amide bonds. The molecule has 0 atom stereocenters. The Hall–Kier alpha value is -1.40. The van der Waals surface area contributed by atoms with Gasteiger partial charge >= 0.3 is 7.12 Å². The molecule has 1 aliphatic heterocycles. The predicted octanol–water partition coefficient (Wildman–Crippen LogP) is 2.02. The third kappa shape index (κ3) is 2.90. The Morgan fingerprint density at radius 3 is 2.32 bits per heavy atom. The zero-order chi connectivity index (χ0) is 16.1. The van der Waals surface area contributed by atoms with Crippen molar-refractivity contribution in [2.75, 3.05) is 0 Å². The van der Waals surface area contributed by atoms with Crippen LogP contribution in [-0.2, 0) is 9.31 Å². The Morgan fingerprint density at radius 2 is 1.77 bits per heavy atom. The fraction of sp³-hybridized carbons (Fsp3) is 0.562. The van der Waals surface area contributed by atoms with Crippen molar-refractivity contribution in [3.63, 3.8) is 0 Å². The number of hydrogen-bond acceptors (Lipinski definition) is 3. The molecule has 2 fully saturated rings. The number of benzene rings is 1. The van der Waals surface area contributed by atoms with E-state index in [9.17, 15) is 9.18 Å². The number of amides is 1. The maximum Gasteiger partial charge on any atom is 0.494 e. The SMILES string of the molecule is CC1(C)OB(c2cc(F)cc(C(=O)NC3CC3)c2)OC1(C)C. The first-order valence-corrected chi connectivity index (χ1v) is 7.65. The average Bonchev–Trinajstić information content (AvgIpc) is 3.16. The van der Waals surface area contributed by atoms with Gasteiger partial charge in [-0.2, -0.15) is 0 Å². The van der Waals surface area contributed by atoms with Crippen LogP contribution in [0.3, 0.4) is 0 Å². The van der Waals surface area contributed by atoms with Gasteiger partial charge in [-0.15, -0.1) is 0 Å². The Bertz CT molecular complexity index is 597. The minimum absolute atomic E-state index is 0.232. The molecule has 0 aromatic heterocycles. The molecule has 1 saturated heterocycles. The van der Waals surface area contributed by atoms with Crippen LogP contribution in [0.1, 0.15) is 50.9 Å². The summed E-state index contributed by atoms with van der Waals surface area (Å²) in [6.45, 7) is 7.75. The van der Waals surface area contributed by atoms with Crippen LogP contribution in [0.2, 0.25) is 0 Å². The van der Waals surface area contributed by atoms with Gasteiger partial charge in [-0.25, -0.2) is 4.39 Å². The van der Waals surface area contributed by atoms with Crippen molar-refractivity contribution < 1.29 is 18.5 Å². The van der Waals surface area contributed by atoms with Gasteiger partial charge in [-0.1, -0.05) is 0 Å². The molecule has 1 saturated carbocycles. The molecular formula is C16H21BFNO3. The lowest BCUT2D eigenvalue weighted by Crippen LogP contribution is -2.41. The second kappa shape index (κ2) is 5.06. The number of carbonyl (C=O) groups excluding carboxylic acids is 1. The first-order valence-electron chi connectivity index (χ1n) is 7.65. The van der Waals surface area contributed by atoms with E-state index in [2.05, 4.69) is 5.32 Å². The second-order valence-electron chi connectivity index (χ2n) is 7.11. The Labute approximate surface area is 130 Å². The van der Waals surface area contributed by atoms with E-state index >= 15 is 0 Å². The lowest BCUT2D eigenvalue weighted by molar-refractivity contribution is 0.00578. The molecule has 2 aliphatic rings. The molecule has 1 N–H and O–H groups in total. The van der Waals surface area contributed by atoms with Crippen LogP contribution in [0, 0.1) is 5.82 Å². The number of halogens is 1. The highest BCUT2D eigenvalue weighted by molar-refractivity contribution is 6.62. The smallest absolute Gasteiger partial charge is 0.399 e. The monoisotopic (exact) mass is 305 g/mol. The van der Waals surface area contributed by atoms with Crippen LogP contribution < -0.4 is 10.8 Å². The zero-order valence-electron chi connectivity index (χ0n) is 13.4. The van der Waals surface area contributed by atoms with Gasteiger partial charge in [0.15, 0.2) is 0 Å². The van der Waals surface area contributed by atoms with Gasteiger partial charge in [-0.3, -0.25) is 4.79 Å². The molecule has 118 valence electrons. The fourth-order valence-electron chi connectivity index (χ4n) is 2.36. The number of hydrogen-bond donors (Lipinski definition) is 1. The van der Waals surface area contributed by atoms with Crippen LogP contribution in [0.15, 0.2) is 18.2 Å². The van der Waals surface area contributed by atoms with Crippen molar-refractivity contribution in [1.29, 1.82) is 0 Å². The average molecular weight is 305 g/mol. The van der Waals surface area contributed by atoms with Crippen LogP contribution in [0.25, 0.3) is 0 Å². The highest BCUT2D eigenvalue weighted by atomic mass is 19.1. The predicted molar refractivity (Wildman–Crippen MR) is 82.6 cm³/mol. The van der Waals surface area contributed by atoms with Gasteiger partial charge < -0.3 is 14.6 Å². The van der Waals surface area contributed by atoms with Crippen LogP contribution in [-0.4, -0.2) is 30.3 Å². The van der Waals surface area contributed by atoms with E-state index in [1.165, 1.54) is 12.1 Å². The highest BCUT2D eigenvalue weighted by Gasteiger charge is 2.51. The summed E-state index contributed by atoms with van der Waals surface area (Å²) in [6, 6.07) is 4.47. The molecule has 1 aliphatic carbocycles. The van der Waals surface area contributed by atoms with E-state index in [1.54, 1.807) is 6.07 Å². The summed E-state index contributed by atoms with van der Waals surface area (Å²) in [5.41, 5.74) is -0.169. The zero-order valence-corrected chi connectivity index (χ0v) is 13.4. The van der Waals surface area contributed by atoms with Crippen LogP contribution in [0.5, 0.6) is 0 Å². The molecule has 0 spiro atoms. The summed E-state index contributed by atoms with van der Waals surface area (Å²) in [6.07, 6.45) is 1.98. The largest absolute Gasteiger partial charge is 0.494 e. The minimum Gasteiger partial charge on any atom is -0.399 e. The topological polar surface area (TPSA) is 47.6 Å². The summed E-state index contributed by atoms with van der Waals surface area (Å²) in [4.78, 5) is 12.1. The second-order valence-corrected chi connectivity index (χ2v) is 7.11. The quantitative estimate of drug-likeness (QED) is 0.869. The lowest BCUT2D eigenvalue weighted by atomic mass is 9.78. The van der Waals surface area contributed by atoms with Gasteiger partial charge in [0.25, 0.3) is 5.91 Å². The van der Waals surface area contributed by atoms with Crippen molar-refractivity contribution in [2.45, 2.75) is 57.8 Å². The molecule has 1 aromatic carbocycles. The first-order chi connectivity index (χ1) is 10.2. The fourth-order valence-corrected chi connectivity index (χ4v) is 2.36. The van der Waals surface area contributed by atoms with Gasteiger partial charge in [0.05, 0.1) is 11.2 Å². The van der Waals surface area contributed by atoms with E-state index in [-0.39, 0.29) is 11.9 Å². The van der Waals surface area contributed by atoms with E-state index < -0.39 is 24.1 Å². The summed E-state index contributed by atoms with van der Waals surface area (Å²) in [5.74, 6) is -0.715. The normalized spacial score (nSPS) is 22.7. The van der Waals surface area contributed by atoms with Crippen molar-refractivity contribution in [3.05, 3.63) is 29.6 Å². The molecule has 0 unspecified atom stereocenters. The maximum absolute atomic E-state index is 13.9. The summed E-state index contributed by atoms with van der Waals surface area (Å²) in [5, 5.41) is 2.86. The summed E-state index contributed by atoms with van der Waals surface area (Å²) >= 11 is 0. The highest BCUT2D eigenvalue weighted by Crippen LogP contribution is 2.36. The Balaban J connectivity index is 1.85. The number of carbonyl (C=O) groups is 1. The maximum atomic E-state index is 13.9. The van der Waals surface area contributed by atoms with E-state index in [0.29, 0.717) is 11.0 Å². The third-order valence-corrected chi connectivity index (χ3v) is 4.62. The van der Waals surface area contributed by atoms with E-state index in [1.807, 2.05) is 27.7 Å². The number of rotatable bonds is 3. The summed E-state index contributed by atoms with van der Waals surface area (Å²) in [7, 11) is -0.673. The van der Waals surface area contributed by atoms with Crippen molar-refractivity contribution >= 4 is 18.5 Å². The third-order valence-electron chi connectivity index (χ3n) is 4.62. The van der Waals surface area contributed by atoms with E-state index in [4.69, 9.17) is 9.31 Å². The van der Waals surface area contributed by atoms with Gasteiger partial charge in [0.1, 0.15) is 5.82 Å². The first kappa shape index (κ1) is 15.5. The molecule has 0 radical (unpaired) electrons. The number of nitrogens with one attached hydrogen (secondary N) is 1. The van der Waals surface area contributed by atoms with E-state index in [0.717, 1.165) is 12.8 Å². The molecule has 1 aromatic rings. The van der Waals surface area contributed by atoms with Crippen LogP contribution in [0.4, 0.5) is 4.39 Å². The molecule has 6 heteroatoms. The van der Waals surface area contributed by atoms with Crippen molar-refractivity contribution in [2.24, 2.45) is 0 Å². The molecule has 4 nitrogen and oxygen atoms in total. The molecular weight excluding hydrogens is 284 g/mol. The lowest BCUT2D eigenvalue weighted by Gasteiger charge is -2.32. The molecule has 22 heavy (non-hydrogen) atoms. The molecule has 0 bridgehead atoms. The standard InChI is InChI=1S/C16H21BFNO3/c1-15(2)16(3,4)22-17(21-15)11-7-10(8-12(18)9-11)14(20)19-13-5-6-13/h7-9,13H,5-6H2,1-4H3,(H,19,20).